The standard InChI is InChI=1S/2C33H16N2O3.C33H18N2O3.C32H17NO3/c2*34-17-18-6-5-11-29-31(18)33(37)26-15-25-24(16-30(26)38-29)23-14-19(12-13-22(23)32(25)36)35-27-9-3-1-7-20(27)21-8-2-4-10-28(21)35;34-19-20-11-13-25-30(15-20)38-31-18-27-26-16-23(12-14-24(26)32(36)28(27)17-29(31)33(25)37)35(21-7-3-1-4-8-21)22-9-5-2-6-10-22;34-31-21-10-3-6-15-28(21)36-29-17-22-20-11-7-14-27(30(20)32(35)23(22)16-24(29)31)33-25-12-4-1-8-18(25)19-9-2-5-13-26(19)33/h2*1-16H;1-18H;1-17H. The molecule has 7 aromatic heterocycles. The molecule has 7 heterocycles. The van der Waals surface area contributed by atoms with Gasteiger partial charge in [0.25, 0.3) is 0 Å². The monoisotopic (exact) mass is 1930 g/mol. The highest BCUT2D eigenvalue weighted by Crippen LogP contribution is 2.50. The van der Waals surface area contributed by atoms with Gasteiger partial charge in [0.1, 0.15) is 56.8 Å². The molecule has 0 atom stereocenters. The third kappa shape index (κ3) is 13.0. The summed E-state index contributed by atoms with van der Waals surface area (Å²) in [6.07, 6.45) is 0. The number of fused-ring (bicyclic) bond motifs is 29. The van der Waals surface area contributed by atoms with E-state index in [1.54, 1.807) is 109 Å². The normalized spacial score (nSPS) is 12.3. The molecule has 0 saturated heterocycles. The minimum atomic E-state index is -0.309. The summed E-state index contributed by atoms with van der Waals surface area (Å²) in [6, 6.07) is 135. The van der Waals surface area contributed by atoms with Crippen LogP contribution in [0.1, 0.15) is 80.4 Å². The third-order valence-corrected chi connectivity index (χ3v) is 29.5. The van der Waals surface area contributed by atoms with Gasteiger partial charge in [0.2, 0.25) is 21.7 Å². The van der Waals surface area contributed by atoms with Gasteiger partial charge in [-0.2, -0.15) is 15.8 Å². The highest BCUT2D eigenvalue weighted by molar-refractivity contribution is 6.29. The van der Waals surface area contributed by atoms with E-state index in [1.807, 2.05) is 224 Å². The quantitative estimate of drug-likeness (QED) is 0.140. The summed E-state index contributed by atoms with van der Waals surface area (Å²) in [6.45, 7) is 0. The minimum Gasteiger partial charge on any atom is -0.456 e. The summed E-state index contributed by atoms with van der Waals surface area (Å²) in [5.74, 6) is -0.446. The molecule has 0 unspecified atom stereocenters. The van der Waals surface area contributed by atoms with Gasteiger partial charge in [-0.15, -0.1) is 0 Å². The summed E-state index contributed by atoms with van der Waals surface area (Å²) >= 11 is 0. The van der Waals surface area contributed by atoms with E-state index in [1.165, 1.54) is 0 Å². The largest absolute Gasteiger partial charge is 0.456 e. The van der Waals surface area contributed by atoms with Crippen molar-refractivity contribution in [3.05, 3.63) is 509 Å². The number of hydrogen-bond acceptors (Lipinski definition) is 16. The molecule has 27 aromatic rings. The molecule has 0 aliphatic heterocycles. The van der Waals surface area contributed by atoms with E-state index >= 15 is 0 Å². The highest BCUT2D eigenvalue weighted by atomic mass is 16.3. The van der Waals surface area contributed by atoms with Crippen LogP contribution < -0.4 is 26.6 Å². The van der Waals surface area contributed by atoms with Crippen LogP contribution in [0.2, 0.25) is 0 Å². The van der Waals surface area contributed by atoms with Gasteiger partial charge in [0.15, 0.2) is 23.1 Å². The number of nitriles is 3. The molecule has 0 radical (unpaired) electrons. The Kier molecular flexibility index (Phi) is 19.2. The molecule has 20 aromatic carbocycles. The first-order valence-electron chi connectivity index (χ1n) is 48.5. The van der Waals surface area contributed by atoms with E-state index in [-0.39, 0.29) is 66.7 Å². The number of carbonyl (C=O) groups excluding carboxylic acids is 4. The van der Waals surface area contributed by atoms with Gasteiger partial charge >= 0.3 is 0 Å². The third-order valence-electron chi connectivity index (χ3n) is 29.5. The van der Waals surface area contributed by atoms with Crippen LogP contribution in [0.5, 0.6) is 0 Å². The molecular weight excluding hydrogens is 1860 g/mol. The van der Waals surface area contributed by atoms with E-state index in [4.69, 9.17) is 17.7 Å². The van der Waals surface area contributed by atoms with Gasteiger partial charge in [-0.05, 0) is 269 Å². The number of anilines is 3. The average Bonchev–Trinajstić information content (AvgIpc) is 1.56. The Morgan fingerprint density at radius 1 is 0.200 bits per heavy atom. The van der Waals surface area contributed by atoms with Crippen LogP contribution >= 0.6 is 0 Å². The summed E-state index contributed by atoms with van der Waals surface area (Å²) in [4.78, 5) is 110. The molecule has 698 valence electrons. The average molecular weight is 1930 g/mol. The van der Waals surface area contributed by atoms with E-state index in [2.05, 4.69) is 110 Å². The second-order valence-electron chi connectivity index (χ2n) is 37.5. The number of hydrogen-bond donors (Lipinski definition) is 0. The molecule has 0 fully saturated rings. The first kappa shape index (κ1) is 86.5. The number of carbonyl (C=O) groups is 4. The zero-order valence-electron chi connectivity index (χ0n) is 78.7. The first-order chi connectivity index (χ1) is 73.6. The predicted octanol–water partition coefficient (Wildman–Crippen LogP) is 29.0. The van der Waals surface area contributed by atoms with Crippen LogP contribution in [0.4, 0.5) is 17.1 Å². The number of benzene rings is 20. The van der Waals surface area contributed by atoms with Crippen molar-refractivity contribution in [3.8, 4) is 79.8 Å². The molecule has 0 bridgehead atoms. The molecule has 19 nitrogen and oxygen atoms in total. The van der Waals surface area contributed by atoms with Crippen LogP contribution in [-0.4, -0.2) is 36.8 Å². The number of ketones is 4. The Balaban J connectivity index is 0.0000000960. The Morgan fingerprint density at radius 2 is 0.527 bits per heavy atom. The first-order valence-corrected chi connectivity index (χ1v) is 48.5. The Morgan fingerprint density at radius 3 is 0.953 bits per heavy atom. The summed E-state index contributed by atoms with van der Waals surface area (Å²) in [5, 5.41) is 37.9. The van der Waals surface area contributed by atoms with Gasteiger partial charge < -0.3 is 36.3 Å². The van der Waals surface area contributed by atoms with Crippen molar-refractivity contribution >= 4 is 193 Å². The summed E-state index contributed by atoms with van der Waals surface area (Å²) < 4.78 is 31.0. The van der Waals surface area contributed by atoms with Gasteiger partial charge in [0, 0.05) is 99.7 Å². The van der Waals surface area contributed by atoms with Gasteiger partial charge in [-0.25, -0.2) is 0 Å². The van der Waals surface area contributed by atoms with E-state index < -0.39 is 0 Å². The summed E-state index contributed by atoms with van der Waals surface area (Å²) in [7, 11) is 0. The molecule has 4 aliphatic carbocycles. The molecule has 0 saturated carbocycles. The fourth-order valence-electron chi connectivity index (χ4n) is 22.8. The predicted molar refractivity (Wildman–Crippen MR) is 587 cm³/mol. The van der Waals surface area contributed by atoms with Crippen LogP contribution in [0.3, 0.4) is 0 Å². The number of nitrogens with zero attached hydrogens (tertiary/aromatic N) is 7. The maximum Gasteiger partial charge on any atom is 0.201 e. The Bertz CT molecular complexity index is 10800. The molecule has 31 rings (SSSR count). The van der Waals surface area contributed by atoms with Gasteiger partial charge in [-0.1, -0.05) is 182 Å². The zero-order chi connectivity index (χ0) is 101. The molecule has 0 amide bonds. The van der Waals surface area contributed by atoms with Crippen molar-refractivity contribution in [2.45, 2.75) is 0 Å². The Hall–Kier alpha value is -21.4. The molecular formula is C131H67N7O12. The fourth-order valence-corrected chi connectivity index (χ4v) is 22.8. The second kappa shape index (κ2) is 33.4. The molecule has 150 heavy (non-hydrogen) atoms. The highest BCUT2D eigenvalue weighted by Gasteiger charge is 2.37. The molecule has 4 aliphatic rings. The lowest BCUT2D eigenvalue weighted by Crippen LogP contribution is -2.10. The van der Waals surface area contributed by atoms with Gasteiger partial charge in [0.05, 0.1) is 110 Å². The Labute approximate surface area is 847 Å². The van der Waals surface area contributed by atoms with E-state index in [9.17, 15) is 54.1 Å². The maximum atomic E-state index is 13.9. The fraction of sp³-hybridized carbons (Fsp3) is 0. The van der Waals surface area contributed by atoms with Crippen LogP contribution in [-0.2, 0) is 0 Å². The van der Waals surface area contributed by atoms with Crippen LogP contribution in [0.15, 0.2) is 443 Å². The second-order valence-corrected chi connectivity index (χ2v) is 37.5. The lowest BCUT2D eigenvalue weighted by Gasteiger charge is -2.26. The number of rotatable bonds is 6. The smallest absolute Gasteiger partial charge is 0.201 e. The summed E-state index contributed by atoms with van der Waals surface area (Å²) in [5.41, 5.74) is 25.8. The number of aromatic nitrogens is 3. The van der Waals surface area contributed by atoms with Crippen LogP contribution in [0.25, 0.3) is 215 Å². The van der Waals surface area contributed by atoms with Crippen molar-refractivity contribution in [1.29, 1.82) is 15.8 Å². The van der Waals surface area contributed by atoms with E-state index in [0.717, 1.165) is 144 Å². The molecule has 0 spiro atoms. The van der Waals surface area contributed by atoms with E-state index in [0.29, 0.717) is 127 Å². The lowest BCUT2D eigenvalue weighted by atomic mass is 10.0. The molecule has 0 N–H and O–H groups in total. The minimum absolute atomic E-state index is 0.0769. The van der Waals surface area contributed by atoms with Crippen molar-refractivity contribution in [1.82, 2.24) is 13.7 Å². The van der Waals surface area contributed by atoms with Crippen LogP contribution in [0, 0.1) is 34.0 Å². The van der Waals surface area contributed by atoms with Crippen molar-refractivity contribution in [3.63, 3.8) is 0 Å². The van der Waals surface area contributed by atoms with Crippen molar-refractivity contribution in [2.24, 2.45) is 0 Å². The molecule has 19 heteroatoms. The maximum absolute atomic E-state index is 13.9. The SMILES string of the molecule is N#Cc1ccc2c(=O)c3cc4c(cc3oc2c1)-c1cc(N(c2ccccc2)c2ccccc2)ccc1C4=O.N#Cc1cccc2oc3cc4c(cc3c(=O)c12)C(=O)c1ccc(-n2c3ccccc3c3ccccc32)cc1-4.N#Cc1cccc2oc3cc4c(cc3c(=O)c12)C(=O)c1ccc(-n2c3ccccc3c3ccccc32)cc1-4.O=C1c2cc3c(=O)c4ccccc4oc3cc2-c2cccc(-n3c4ccccc4c4ccccc43)c21. The zero-order valence-corrected chi connectivity index (χ0v) is 78.7. The topological polar surface area (TPSA) is 279 Å². The number of para-hydroxylation sites is 9. The van der Waals surface area contributed by atoms with Gasteiger partial charge in [-0.3, -0.25) is 38.4 Å². The lowest BCUT2D eigenvalue weighted by molar-refractivity contribution is 0.103. The van der Waals surface area contributed by atoms with Crippen molar-refractivity contribution in [2.75, 3.05) is 4.90 Å². The van der Waals surface area contributed by atoms with Crippen molar-refractivity contribution < 1.29 is 36.8 Å².